The predicted octanol–water partition coefficient (Wildman–Crippen LogP) is 2.95. The fourth-order valence-corrected chi connectivity index (χ4v) is 5.03. The maximum atomic E-state index is 12.2. The van der Waals surface area contributed by atoms with E-state index in [4.69, 9.17) is 14.6 Å². The molecular formula is C17H16F3N3O4S2. The summed E-state index contributed by atoms with van der Waals surface area (Å²) in [4.78, 5) is 31.2. The highest BCUT2D eigenvalue weighted by Gasteiger charge is 2.51. The van der Waals surface area contributed by atoms with Gasteiger partial charge in [0.25, 0.3) is 5.91 Å². The maximum Gasteiger partial charge on any atom is 0.490 e. The van der Waals surface area contributed by atoms with Gasteiger partial charge >= 0.3 is 12.1 Å². The zero-order valence-electron chi connectivity index (χ0n) is 14.8. The smallest absolute Gasteiger partial charge is 0.488 e. The standard InChI is InChI=1S/C15H15N3O2S2.C2HF3O2/c19-14(13-7-21-10-17-13)18-8-15(9-18)4-12(6-22-15)20-11-2-1-3-16-5-11;3-2(4,5)1(6)7/h1-3,5,7,10,12H,4,6,8-9H2;(H,6,7). The fraction of sp³-hybridized carbons (Fsp3) is 0.412. The summed E-state index contributed by atoms with van der Waals surface area (Å²) in [7, 11) is 0. The van der Waals surface area contributed by atoms with Crippen molar-refractivity contribution < 1.29 is 32.6 Å². The van der Waals surface area contributed by atoms with Gasteiger partial charge in [0, 0.05) is 36.8 Å². The number of halogens is 3. The highest BCUT2D eigenvalue weighted by Crippen LogP contribution is 2.46. The first-order chi connectivity index (χ1) is 13.7. The number of thiazole rings is 1. The van der Waals surface area contributed by atoms with E-state index in [1.807, 2.05) is 34.2 Å². The van der Waals surface area contributed by atoms with E-state index in [-0.39, 0.29) is 16.8 Å². The molecule has 4 heterocycles. The van der Waals surface area contributed by atoms with Crippen molar-refractivity contribution in [2.24, 2.45) is 0 Å². The zero-order chi connectivity index (χ0) is 21.1. The molecule has 0 aromatic carbocycles. The first-order valence-electron chi connectivity index (χ1n) is 8.37. The first kappa shape index (κ1) is 21.4. The third-order valence-electron chi connectivity index (χ3n) is 4.25. The van der Waals surface area contributed by atoms with Crippen molar-refractivity contribution >= 4 is 35.0 Å². The van der Waals surface area contributed by atoms with Crippen molar-refractivity contribution in [2.75, 3.05) is 18.8 Å². The molecule has 1 atom stereocenters. The highest BCUT2D eigenvalue weighted by molar-refractivity contribution is 8.01. The van der Waals surface area contributed by atoms with Gasteiger partial charge in [-0.3, -0.25) is 9.78 Å². The largest absolute Gasteiger partial charge is 0.490 e. The van der Waals surface area contributed by atoms with E-state index < -0.39 is 12.1 Å². The molecule has 12 heteroatoms. The molecule has 0 saturated carbocycles. The van der Waals surface area contributed by atoms with Gasteiger partial charge in [-0.2, -0.15) is 13.2 Å². The lowest BCUT2D eigenvalue weighted by Gasteiger charge is -2.47. The molecule has 2 saturated heterocycles. The molecule has 2 aliphatic rings. The predicted molar refractivity (Wildman–Crippen MR) is 100 cm³/mol. The number of carboxylic acids is 1. The van der Waals surface area contributed by atoms with Gasteiger partial charge in [-0.05, 0) is 12.1 Å². The summed E-state index contributed by atoms with van der Waals surface area (Å²) in [5.41, 5.74) is 2.26. The monoisotopic (exact) mass is 447 g/mol. The van der Waals surface area contributed by atoms with Crippen LogP contribution in [0.4, 0.5) is 13.2 Å². The number of pyridine rings is 1. The number of aliphatic carboxylic acids is 1. The van der Waals surface area contributed by atoms with Gasteiger partial charge in [-0.25, -0.2) is 9.78 Å². The number of thioether (sulfide) groups is 1. The minimum Gasteiger partial charge on any atom is -0.488 e. The summed E-state index contributed by atoms with van der Waals surface area (Å²) in [6, 6.07) is 3.81. The van der Waals surface area contributed by atoms with Crippen LogP contribution in [0.1, 0.15) is 16.9 Å². The number of nitrogens with zero attached hydrogens (tertiary/aromatic N) is 3. The Kier molecular flexibility index (Phi) is 6.32. The quantitative estimate of drug-likeness (QED) is 0.773. The molecule has 1 spiro atoms. The number of amides is 1. The van der Waals surface area contributed by atoms with E-state index in [9.17, 15) is 18.0 Å². The number of alkyl halides is 3. The molecular weight excluding hydrogens is 431 g/mol. The number of hydrogen-bond donors (Lipinski definition) is 1. The average molecular weight is 447 g/mol. The second kappa shape index (κ2) is 8.57. The number of hydrogen-bond acceptors (Lipinski definition) is 7. The number of rotatable bonds is 3. The Labute approximate surface area is 171 Å². The third kappa shape index (κ3) is 5.38. The van der Waals surface area contributed by atoms with E-state index >= 15 is 0 Å². The van der Waals surface area contributed by atoms with Crippen molar-refractivity contribution in [3.05, 3.63) is 41.1 Å². The summed E-state index contributed by atoms with van der Waals surface area (Å²) < 4.78 is 37.9. The van der Waals surface area contributed by atoms with Gasteiger partial charge < -0.3 is 14.7 Å². The number of aromatic nitrogens is 2. The first-order valence-corrected chi connectivity index (χ1v) is 10.3. The molecule has 0 aliphatic carbocycles. The fourth-order valence-electron chi connectivity index (χ4n) is 2.98. The van der Waals surface area contributed by atoms with E-state index in [2.05, 4.69) is 9.97 Å². The van der Waals surface area contributed by atoms with Crippen LogP contribution in [0.5, 0.6) is 5.75 Å². The Balaban J connectivity index is 0.000000298. The Morgan fingerprint density at radius 2 is 2.07 bits per heavy atom. The van der Waals surface area contributed by atoms with Crippen LogP contribution in [0.2, 0.25) is 0 Å². The summed E-state index contributed by atoms with van der Waals surface area (Å²) in [5.74, 6) is -0.926. The molecule has 2 fully saturated rings. The van der Waals surface area contributed by atoms with Crippen molar-refractivity contribution in [2.45, 2.75) is 23.4 Å². The summed E-state index contributed by atoms with van der Waals surface area (Å²) in [6.07, 6.45) is -0.418. The minimum atomic E-state index is -5.08. The molecule has 2 aliphatic heterocycles. The van der Waals surface area contributed by atoms with E-state index in [1.165, 1.54) is 11.3 Å². The van der Waals surface area contributed by atoms with Crippen LogP contribution in [-0.4, -0.2) is 67.7 Å². The van der Waals surface area contributed by atoms with Crippen LogP contribution in [0.3, 0.4) is 0 Å². The number of carbonyl (C=O) groups excluding carboxylic acids is 1. The number of ether oxygens (including phenoxy) is 1. The van der Waals surface area contributed by atoms with Gasteiger partial charge in [-0.15, -0.1) is 23.1 Å². The van der Waals surface area contributed by atoms with Crippen molar-refractivity contribution in [1.82, 2.24) is 14.9 Å². The Morgan fingerprint density at radius 3 is 2.62 bits per heavy atom. The lowest BCUT2D eigenvalue weighted by Crippen LogP contribution is -2.60. The SMILES string of the molecule is O=C(O)C(F)(F)F.O=C(c1cscn1)N1CC2(CC(Oc3cccnc3)CS2)C1. The Morgan fingerprint density at radius 1 is 1.34 bits per heavy atom. The molecule has 1 unspecified atom stereocenters. The molecule has 4 rings (SSSR count). The number of likely N-dealkylation sites (tertiary alicyclic amines) is 1. The van der Waals surface area contributed by atoms with Crippen molar-refractivity contribution in [3.8, 4) is 5.75 Å². The minimum absolute atomic E-state index is 0.0455. The summed E-state index contributed by atoms with van der Waals surface area (Å²) in [5, 5.41) is 8.93. The second-order valence-corrected chi connectivity index (χ2v) is 8.67. The Hall–Kier alpha value is -2.34. The second-order valence-electron chi connectivity index (χ2n) is 6.46. The lowest BCUT2D eigenvalue weighted by molar-refractivity contribution is -0.192. The van der Waals surface area contributed by atoms with Crippen LogP contribution >= 0.6 is 23.1 Å². The number of carboxylic acid groups (broad SMARTS) is 1. The van der Waals surface area contributed by atoms with Crippen LogP contribution in [-0.2, 0) is 4.79 Å². The van der Waals surface area contributed by atoms with Crippen molar-refractivity contribution in [3.63, 3.8) is 0 Å². The van der Waals surface area contributed by atoms with Crippen LogP contribution in [0.25, 0.3) is 0 Å². The van der Waals surface area contributed by atoms with Gasteiger partial charge in [0.05, 0.1) is 16.5 Å². The van der Waals surface area contributed by atoms with Crippen LogP contribution in [0.15, 0.2) is 35.4 Å². The molecule has 2 aromatic heterocycles. The zero-order valence-corrected chi connectivity index (χ0v) is 16.5. The topological polar surface area (TPSA) is 92.6 Å². The normalized spacial score (nSPS) is 19.8. The van der Waals surface area contributed by atoms with E-state index in [1.54, 1.807) is 17.9 Å². The van der Waals surface area contributed by atoms with E-state index in [0.717, 1.165) is 31.0 Å². The van der Waals surface area contributed by atoms with Gasteiger partial charge in [-0.1, -0.05) is 0 Å². The molecule has 0 bridgehead atoms. The highest BCUT2D eigenvalue weighted by atomic mass is 32.2. The van der Waals surface area contributed by atoms with Gasteiger partial charge in [0.2, 0.25) is 0 Å². The van der Waals surface area contributed by atoms with Crippen LogP contribution < -0.4 is 4.74 Å². The molecule has 1 amide bonds. The maximum absolute atomic E-state index is 12.2. The third-order valence-corrected chi connectivity index (χ3v) is 6.41. The summed E-state index contributed by atoms with van der Waals surface area (Å²) >= 11 is 3.38. The molecule has 156 valence electrons. The van der Waals surface area contributed by atoms with Crippen LogP contribution in [0, 0.1) is 0 Å². The molecule has 1 N–H and O–H groups in total. The molecule has 7 nitrogen and oxygen atoms in total. The molecule has 2 aromatic rings. The van der Waals surface area contributed by atoms with Gasteiger partial charge in [0.1, 0.15) is 17.5 Å². The summed E-state index contributed by atoms with van der Waals surface area (Å²) in [6.45, 7) is 1.59. The van der Waals surface area contributed by atoms with Crippen molar-refractivity contribution in [1.29, 1.82) is 0 Å². The molecule has 0 radical (unpaired) electrons. The Bertz CT molecular complexity index is 843. The lowest BCUT2D eigenvalue weighted by atomic mass is 9.92. The van der Waals surface area contributed by atoms with E-state index in [0.29, 0.717) is 5.69 Å². The average Bonchev–Trinajstić information content (AvgIpc) is 3.31. The molecule has 29 heavy (non-hydrogen) atoms. The van der Waals surface area contributed by atoms with Gasteiger partial charge in [0.15, 0.2) is 0 Å². The number of carbonyl (C=O) groups is 2.